The molecule has 0 rings (SSSR count). The maximum absolute atomic E-state index is 11.3. The molecule has 0 aromatic heterocycles. The number of unbranched alkanes of at least 4 members (excludes halogenated alkanes) is 4. The largest absolute Gasteiger partial charge is 0.466 e. The molecule has 1 atom stereocenters. The lowest BCUT2D eigenvalue weighted by Crippen LogP contribution is -2.11. The molecule has 0 fully saturated rings. The van der Waals surface area contributed by atoms with Gasteiger partial charge >= 0.3 is 5.97 Å². The van der Waals surface area contributed by atoms with Gasteiger partial charge in [0.15, 0.2) is 0 Å². The monoisotopic (exact) mass is 228 g/mol. The number of hydrogen-bond donors (Lipinski definition) is 0. The number of esters is 1. The van der Waals surface area contributed by atoms with Gasteiger partial charge in [-0.15, -0.1) is 0 Å². The van der Waals surface area contributed by atoms with E-state index in [1.54, 1.807) is 0 Å². The second kappa shape index (κ2) is 11.0. The quantitative estimate of drug-likeness (QED) is 0.411. The summed E-state index contributed by atoms with van der Waals surface area (Å²) in [7, 11) is 0. The Kier molecular flexibility index (Phi) is 10.6. The second-order valence-corrected chi connectivity index (χ2v) is 4.49. The highest BCUT2D eigenvalue weighted by atomic mass is 16.5. The molecule has 0 saturated heterocycles. The van der Waals surface area contributed by atoms with Gasteiger partial charge in [0.2, 0.25) is 0 Å². The molecule has 0 saturated carbocycles. The van der Waals surface area contributed by atoms with Crippen LogP contribution in [0.3, 0.4) is 0 Å². The highest BCUT2D eigenvalue weighted by Gasteiger charge is 2.12. The van der Waals surface area contributed by atoms with Gasteiger partial charge < -0.3 is 4.74 Å². The summed E-state index contributed by atoms with van der Waals surface area (Å²) in [4.78, 5) is 11.3. The zero-order chi connectivity index (χ0) is 12.2. The van der Waals surface area contributed by atoms with E-state index in [1.807, 2.05) is 6.92 Å². The molecule has 0 amide bonds. The minimum atomic E-state index is -0.0251. The smallest absolute Gasteiger partial charge is 0.306 e. The Hall–Kier alpha value is -0.530. The molecule has 96 valence electrons. The third-order valence-electron chi connectivity index (χ3n) is 3.05. The molecule has 2 heteroatoms. The summed E-state index contributed by atoms with van der Waals surface area (Å²) in [5.41, 5.74) is 0. The maximum atomic E-state index is 11.3. The van der Waals surface area contributed by atoms with E-state index < -0.39 is 0 Å². The first-order chi connectivity index (χ1) is 7.74. The van der Waals surface area contributed by atoms with Crippen LogP contribution in [0.5, 0.6) is 0 Å². The van der Waals surface area contributed by atoms with Crippen molar-refractivity contribution in [1.29, 1.82) is 0 Å². The van der Waals surface area contributed by atoms with E-state index in [0.717, 1.165) is 6.42 Å². The van der Waals surface area contributed by atoms with E-state index in [1.165, 1.54) is 38.5 Å². The highest BCUT2D eigenvalue weighted by molar-refractivity contribution is 5.69. The summed E-state index contributed by atoms with van der Waals surface area (Å²) in [6.07, 6.45) is 9.43. The van der Waals surface area contributed by atoms with Crippen molar-refractivity contribution < 1.29 is 9.53 Å². The maximum Gasteiger partial charge on any atom is 0.306 e. The minimum absolute atomic E-state index is 0.0251. The zero-order valence-electron chi connectivity index (χ0n) is 11.3. The lowest BCUT2D eigenvalue weighted by atomic mass is 9.95. The Labute approximate surface area is 101 Å². The van der Waals surface area contributed by atoms with Crippen LogP contribution in [0.1, 0.15) is 72.1 Å². The standard InChI is InChI=1S/C14H28O2/c1-4-7-8-9-10-11-13(5-2)12-14(15)16-6-3/h13H,4-12H2,1-3H3. The first-order valence-electron chi connectivity index (χ1n) is 6.90. The van der Waals surface area contributed by atoms with Crippen LogP contribution in [0, 0.1) is 5.92 Å². The van der Waals surface area contributed by atoms with Gasteiger partial charge in [-0.2, -0.15) is 0 Å². The molecule has 0 bridgehead atoms. The molecule has 0 heterocycles. The Morgan fingerprint density at radius 2 is 1.75 bits per heavy atom. The van der Waals surface area contributed by atoms with Gasteiger partial charge in [-0.05, 0) is 19.3 Å². The first-order valence-corrected chi connectivity index (χ1v) is 6.90. The summed E-state index contributed by atoms with van der Waals surface area (Å²) >= 11 is 0. The lowest BCUT2D eigenvalue weighted by molar-refractivity contribution is -0.144. The molecule has 0 aromatic carbocycles. The van der Waals surface area contributed by atoms with Crippen LogP contribution in [0.2, 0.25) is 0 Å². The Balaban J connectivity index is 3.54. The van der Waals surface area contributed by atoms with Crippen LogP contribution in [-0.2, 0) is 9.53 Å². The van der Waals surface area contributed by atoms with Crippen molar-refractivity contribution in [3.05, 3.63) is 0 Å². The molecule has 0 spiro atoms. The van der Waals surface area contributed by atoms with Crippen LogP contribution < -0.4 is 0 Å². The van der Waals surface area contributed by atoms with Gasteiger partial charge in [0.1, 0.15) is 0 Å². The van der Waals surface area contributed by atoms with Gasteiger partial charge in [-0.1, -0.05) is 52.4 Å². The predicted octanol–water partition coefficient (Wildman–Crippen LogP) is 4.33. The Morgan fingerprint density at radius 3 is 2.31 bits per heavy atom. The van der Waals surface area contributed by atoms with Crippen LogP contribution in [0.25, 0.3) is 0 Å². The number of ether oxygens (including phenoxy) is 1. The molecular formula is C14H28O2. The van der Waals surface area contributed by atoms with E-state index in [2.05, 4.69) is 13.8 Å². The number of carbonyl (C=O) groups excluding carboxylic acids is 1. The average molecular weight is 228 g/mol. The van der Waals surface area contributed by atoms with Gasteiger partial charge in [0, 0.05) is 6.42 Å². The van der Waals surface area contributed by atoms with Gasteiger partial charge in [-0.25, -0.2) is 0 Å². The predicted molar refractivity (Wildman–Crippen MR) is 68.4 cm³/mol. The van der Waals surface area contributed by atoms with Crippen LogP contribution in [0.15, 0.2) is 0 Å². The minimum Gasteiger partial charge on any atom is -0.466 e. The van der Waals surface area contributed by atoms with Crippen molar-refractivity contribution in [2.45, 2.75) is 72.1 Å². The van der Waals surface area contributed by atoms with Crippen LogP contribution in [-0.4, -0.2) is 12.6 Å². The summed E-state index contributed by atoms with van der Waals surface area (Å²) < 4.78 is 4.98. The third-order valence-corrected chi connectivity index (χ3v) is 3.05. The number of carbonyl (C=O) groups is 1. The van der Waals surface area contributed by atoms with Crippen molar-refractivity contribution in [2.75, 3.05) is 6.61 Å². The van der Waals surface area contributed by atoms with Crippen LogP contribution in [0.4, 0.5) is 0 Å². The first kappa shape index (κ1) is 15.5. The summed E-state index contributed by atoms with van der Waals surface area (Å²) in [5, 5.41) is 0. The van der Waals surface area contributed by atoms with Gasteiger partial charge in [0.25, 0.3) is 0 Å². The molecule has 0 aliphatic rings. The van der Waals surface area contributed by atoms with E-state index in [0.29, 0.717) is 18.9 Å². The summed E-state index contributed by atoms with van der Waals surface area (Å²) in [6, 6.07) is 0. The molecular weight excluding hydrogens is 200 g/mol. The summed E-state index contributed by atoms with van der Waals surface area (Å²) in [5.74, 6) is 0.503. The molecule has 0 radical (unpaired) electrons. The molecule has 0 aliphatic heterocycles. The van der Waals surface area contributed by atoms with Crippen molar-refractivity contribution in [3.8, 4) is 0 Å². The number of rotatable bonds is 10. The van der Waals surface area contributed by atoms with Crippen LogP contribution >= 0.6 is 0 Å². The van der Waals surface area contributed by atoms with Crippen molar-refractivity contribution in [2.24, 2.45) is 5.92 Å². The third kappa shape index (κ3) is 8.75. The fourth-order valence-electron chi connectivity index (χ4n) is 1.94. The Bertz CT molecular complexity index is 166. The zero-order valence-corrected chi connectivity index (χ0v) is 11.3. The molecule has 2 nitrogen and oxygen atoms in total. The Morgan fingerprint density at radius 1 is 1.06 bits per heavy atom. The molecule has 0 aromatic rings. The van der Waals surface area contributed by atoms with Gasteiger partial charge in [-0.3, -0.25) is 4.79 Å². The molecule has 0 N–H and O–H groups in total. The van der Waals surface area contributed by atoms with E-state index in [9.17, 15) is 4.79 Å². The highest BCUT2D eigenvalue weighted by Crippen LogP contribution is 2.18. The van der Waals surface area contributed by atoms with Crippen molar-refractivity contribution in [1.82, 2.24) is 0 Å². The van der Waals surface area contributed by atoms with E-state index in [4.69, 9.17) is 4.74 Å². The topological polar surface area (TPSA) is 26.3 Å². The average Bonchev–Trinajstić information content (AvgIpc) is 2.27. The fraction of sp³-hybridized carbons (Fsp3) is 0.929. The molecule has 1 unspecified atom stereocenters. The fourth-order valence-corrected chi connectivity index (χ4v) is 1.94. The molecule has 16 heavy (non-hydrogen) atoms. The van der Waals surface area contributed by atoms with E-state index >= 15 is 0 Å². The lowest BCUT2D eigenvalue weighted by Gasteiger charge is -2.13. The van der Waals surface area contributed by atoms with Crippen molar-refractivity contribution in [3.63, 3.8) is 0 Å². The SMILES string of the molecule is CCCCCCCC(CC)CC(=O)OCC. The normalized spacial score (nSPS) is 12.4. The second-order valence-electron chi connectivity index (χ2n) is 4.49. The summed E-state index contributed by atoms with van der Waals surface area (Å²) in [6.45, 7) is 6.76. The number of hydrogen-bond acceptors (Lipinski definition) is 2. The van der Waals surface area contributed by atoms with Gasteiger partial charge in [0.05, 0.1) is 6.61 Å². The van der Waals surface area contributed by atoms with E-state index in [-0.39, 0.29) is 5.97 Å². The molecule has 0 aliphatic carbocycles. The van der Waals surface area contributed by atoms with Crippen molar-refractivity contribution >= 4 is 5.97 Å².